The SMILES string of the molecule is COC1CC(NC(=O)c2csc(Br)c2)C1(C)C. The Labute approximate surface area is 114 Å². The van der Waals surface area contributed by atoms with Crippen molar-refractivity contribution in [1.29, 1.82) is 0 Å². The van der Waals surface area contributed by atoms with E-state index in [2.05, 4.69) is 35.1 Å². The number of carbonyl (C=O) groups is 1. The second-order valence-corrected chi connectivity index (χ2v) is 7.24. The number of nitrogens with one attached hydrogen (secondary N) is 1. The van der Waals surface area contributed by atoms with E-state index < -0.39 is 0 Å². The molecule has 0 bridgehead atoms. The van der Waals surface area contributed by atoms with Gasteiger partial charge in [0.15, 0.2) is 0 Å². The monoisotopic (exact) mass is 317 g/mol. The van der Waals surface area contributed by atoms with Gasteiger partial charge >= 0.3 is 0 Å². The van der Waals surface area contributed by atoms with E-state index >= 15 is 0 Å². The third-order valence-electron chi connectivity index (χ3n) is 3.60. The normalized spacial score (nSPS) is 26.4. The summed E-state index contributed by atoms with van der Waals surface area (Å²) in [6.07, 6.45) is 1.13. The Bertz CT molecular complexity index is 430. The van der Waals surface area contributed by atoms with Crippen molar-refractivity contribution in [3.63, 3.8) is 0 Å². The second kappa shape index (κ2) is 4.71. The minimum absolute atomic E-state index is 0.000391. The first kappa shape index (κ1) is 13.1. The van der Waals surface area contributed by atoms with Crippen LogP contribution in [0.15, 0.2) is 15.2 Å². The molecule has 94 valence electrons. The number of hydrogen-bond acceptors (Lipinski definition) is 3. The fourth-order valence-electron chi connectivity index (χ4n) is 2.20. The van der Waals surface area contributed by atoms with Gasteiger partial charge in [-0.25, -0.2) is 0 Å². The fraction of sp³-hybridized carbons (Fsp3) is 0.583. The molecule has 17 heavy (non-hydrogen) atoms. The summed E-state index contributed by atoms with van der Waals surface area (Å²) in [5.74, 6) is -0.000391. The topological polar surface area (TPSA) is 38.3 Å². The summed E-state index contributed by atoms with van der Waals surface area (Å²) in [6, 6.07) is 2.04. The van der Waals surface area contributed by atoms with Crippen LogP contribution < -0.4 is 5.32 Å². The van der Waals surface area contributed by atoms with Crippen LogP contribution in [0.5, 0.6) is 0 Å². The van der Waals surface area contributed by atoms with E-state index in [-0.39, 0.29) is 23.5 Å². The summed E-state index contributed by atoms with van der Waals surface area (Å²) in [7, 11) is 1.72. The summed E-state index contributed by atoms with van der Waals surface area (Å²) < 4.78 is 6.34. The van der Waals surface area contributed by atoms with E-state index in [4.69, 9.17) is 4.74 Å². The molecule has 2 atom stereocenters. The van der Waals surface area contributed by atoms with Gasteiger partial charge in [-0.1, -0.05) is 13.8 Å². The maximum Gasteiger partial charge on any atom is 0.252 e. The molecule has 5 heteroatoms. The number of methoxy groups -OCH3 is 1. The summed E-state index contributed by atoms with van der Waals surface area (Å²) in [5.41, 5.74) is 0.732. The molecule has 0 saturated heterocycles. The molecule has 1 aromatic rings. The van der Waals surface area contributed by atoms with Gasteiger partial charge < -0.3 is 10.1 Å². The molecule has 0 aromatic carbocycles. The maximum absolute atomic E-state index is 12.0. The molecule has 1 aliphatic carbocycles. The average molecular weight is 318 g/mol. The van der Waals surface area contributed by atoms with Crippen LogP contribution in [-0.2, 0) is 4.74 Å². The third kappa shape index (κ3) is 2.41. The Morgan fingerprint density at radius 1 is 1.65 bits per heavy atom. The molecule has 1 N–H and O–H groups in total. The van der Waals surface area contributed by atoms with Gasteiger partial charge in [0.1, 0.15) is 0 Å². The van der Waals surface area contributed by atoms with Crippen molar-refractivity contribution in [2.75, 3.05) is 7.11 Å². The van der Waals surface area contributed by atoms with Crippen LogP contribution >= 0.6 is 27.3 Å². The molecule has 1 aromatic heterocycles. The summed E-state index contributed by atoms with van der Waals surface area (Å²) in [6.45, 7) is 4.25. The number of amides is 1. The highest BCUT2D eigenvalue weighted by molar-refractivity contribution is 9.11. The van der Waals surface area contributed by atoms with Gasteiger partial charge in [-0.05, 0) is 28.4 Å². The summed E-state index contributed by atoms with van der Waals surface area (Å²) in [5, 5.41) is 4.93. The largest absolute Gasteiger partial charge is 0.381 e. The summed E-state index contributed by atoms with van der Waals surface area (Å²) in [4.78, 5) is 12.0. The van der Waals surface area contributed by atoms with Gasteiger partial charge in [0, 0.05) is 23.9 Å². The zero-order valence-electron chi connectivity index (χ0n) is 10.1. The number of hydrogen-bond donors (Lipinski definition) is 1. The van der Waals surface area contributed by atoms with Crippen molar-refractivity contribution in [3.8, 4) is 0 Å². The smallest absolute Gasteiger partial charge is 0.252 e. The highest BCUT2D eigenvalue weighted by Crippen LogP contribution is 2.42. The van der Waals surface area contributed by atoms with E-state index in [1.54, 1.807) is 7.11 Å². The van der Waals surface area contributed by atoms with Gasteiger partial charge in [-0.15, -0.1) is 11.3 Å². The van der Waals surface area contributed by atoms with Crippen LogP contribution in [0.1, 0.15) is 30.6 Å². The molecule has 1 fully saturated rings. The summed E-state index contributed by atoms with van der Waals surface area (Å²) >= 11 is 4.88. The lowest BCUT2D eigenvalue weighted by atomic mass is 9.64. The Morgan fingerprint density at radius 3 is 2.82 bits per heavy atom. The van der Waals surface area contributed by atoms with E-state index in [9.17, 15) is 4.79 Å². The standard InChI is InChI=1S/C12H16BrNO2S/c1-12(2)8(5-9(12)16-3)14-11(15)7-4-10(13)17-6-7/h4,6,8-9H,5H2,1-3H3,(H,14,15). The highest BCUT2D eigenvalue weighted by atomic mass is 79.9. The highest BCUT2D eigenvalue weighted by Gasteiger charge is 2.49. The quantitative estimate of drug-likeness (QED) is 0.930. The predicted molar refractivity (Wildman–Crippen MR) is 72.5 cm³/mol. The van der Waals surface area contributed by atoms with Crippen molar-refractivity contribution in [2.24, 2.45) is 5.41 Å². The fourth-order valence-corrected chi connectivity index (χ4v) is 3.34. The lowest BCUT2D eigenvalue weighted by Gasteiger charge is -2.51. The lowest BCUT2D eigenvalue weighted by molar-refractivity contribution is -0.0942. The third-order valence-corrected chi connectivity index (χ3v) is 5.10. The maximum atomic E-state index is 12.0. The van der Waals surface area contributed by atoms with E-state index in [1.807, 2.05) is 11.4 Å². The molecule has 1 heterocycles. The zero-order valence-corrected chi connectivity index (χ0v) is 12.5. The van der Waals surface area contributed by atoms with E-state index in [0.717, 1.165) is 15.8 Å². The van der Waals surface area contributed by atoms with Gasteiger partial charge in [-0.2, -0.15) is 0 Å². The van der Waals surface area contributed by atoms with Gasteiger partial charge in [-0.3, -0.25) is 4.79 Å². The van der Waals surface area contributed by atoms with Crippen molar-refractivity contribution in [1.82, 2.24) is 5.32 Å². The van der Waals surface area contributed by atoms with Crippen LogP contribution in [-0.4, -0.2) is 25.2 Å². The second-order valence-electron chi connectivity index (χ2n) is 4.95. The molecular weight excluding hydrogens is 302 g/mol. The molecule has 1 aliphatic rings. The molecule has 1 amide bonds. The number of halogens is 1. The molecule has 3 nitrogen and oxygen atoms in total. The average Bonchev–Trinajstić information content (AvgIpc) is 2.70. The van der Waals surface area contributed by atoms with Crippen LogP contribution in [0, 0.1) is 5.41 Å². The molecular formula is C12H16BrNO2S. The van der Waals surface area contributed by atoms with Gasteiger partial charge in [0.25, 0.3) is 5.91 Å². The van der Waals surface area contributed by atoms with Crippen molar-refractivity contribution < 1.29 is 9.53 Å². The Balaban J connectivity index is 1.97. The number of ether oxygens (including phenoxy) is 1. The van der Waals surface area contributed by atoms with Crippen LogP contribution in [0.3, 0.4) is 0 Å². The lowest BCUT2D eigenvalue weighted by Crippen LogP contribution is -2.61. The van der Waals surface area contributed by atoms with Crippen LogP contribution in [0.2, 0.25) is 0 Å². The van der Waals surface area contributed by atoms with Crippen molar-refractivity contribution in [2.45, 2.75) is 32.4 Å². The zero-order chi connectivity index (χ0) is 12.6. The molecule has 0 spiro atoms. The Kier molecular flexibility index (Phi) is 3.61. The molecule has 2 unspecified atom stereocenters. The van der Waals surface area contributed by atoms with Crippen molar-refractivity contribution in [3.05, 3.63) is 20.8 Å². The van der Waals surface area contributed by atoms with E-state index in [0.29, 0.717) is 0 Å². The predicted octanol–water partition coefficient (Wildman–Crippen LogP) is 3.05. The first-order chi connectivity index (χ1) is 7.95. The van der Waals surface area contributed by atoms with Crippen LogP contribution in [0.25, 0.3) is 0 Å². The Morgan fingerprint density at radius 2 is 2.35 bits per heavy atom. The van der Waals surface area contributed by atoms with Crippen LogP contribution in [0.4, 0.5) is 0 Å². The molecule has 0 radical (unpaired) electrons. The van der Waals surface area contributed by atoms with Gasteiger partial charge in [0.2, 0.25) is 0 Å². The number of rotatable bonds is 3. The van der Waals surface area contributed by atoms with Crippen molar-refractivity contribution >= 4 is 33.2 Å². The van der Waals surface area contributed by atoms with E-state index in [1.165, 1.54) is 11.3 Å². The molecule has 2 rings (SSSR count). The minimum Gasteiger partial charge on any atom is -0.381 e. The van der Waals surface area contributed by atoms with Gasteiger partial charge in [0.05, 0.1) is 15.5 Å². The first-order valence-electron chi connectivity index (χ1n) is 5.53. The molecule has 0 aliphatic heterocycles. The Hall–Kier alpha value is -0.390. The number of carbonyl (C=O) groups excluding carboxylic acids is 1. The number of thiophene rings is 1. The minimum atomic E-state index is -0.000391. The first-order valence-corrected chi connectivity index (χ1v) is 7.20. The molecule has 1 saturated carbocycles.